The maximum absolute atomic E-state index is 6.41. The lowest BCUT2D eigenvalue weighted by Crippen LogP contribution is -2.31. The third-order valence-corrected chi connectivity index (χ3v) is 4.05. The average Bonchev–Trinajstić information content (AvgIpc) is 2.39. The summed E-state index contributed by atoms with van der Waals surface area (Å²) < 4.78 is 0. The van der Waals surface area contributed by atoms with Crippen LogP contribution in [0.15, 0.2) is 41.3 Å². The van der Waals surface area contributed by atoms with Crippen molar-refractivity contribution in [2.75, 3.05) is 24.6 Å². The summed E-state index contributed by atoms with van der Waals surface area (Å²) in [5, 5.41) is 6.65. The topological polar surface area (TPSA) is 50.1 Å². The second kappa shape index (κ2) is 6.63. The monoisotopic (exact) mass is 315 g/mol. The van der Waals surface area contributed by atoms with E-state index in [0.717, 1.165) is 34.1 Å². The number of nitrogen functional groups attached to an aromatic ring is 1. The fraction of sp³-hybridized carbons (Fsp3) is 0.333. The van der Waals surface area contributed by atoms with Gasteiger partial charge in [0.15, 0.2) is 0 Å². The fourth-order valence-corrected chi connectivity index (χ4v) is 3.13. The summed E-state index contributed by atoms with van der Waals surface area (Å²) in [5.74, 6) is 0. The minimum Gasteiger partial charge on any atom is -0.397 e. The van der Waals surface area contributed by atoms with Crippen LogP contribution in [0.1, 0.15) is 25.0 Å². The van der Waals surface area contributed by atoms with E-state index in [0.29, 0.717) is 0 Å². The molecule has 2 aromatic rings. The number of benzene rings is 2. The molecule has 0 saturated heterocycles. The Morgan fingerprint density at radius 1 is 1.18 bits per heavy atom. The van der Waals surface area contributed by atoms with Crippen molar-refractivity contribution in [2.45, 2.75) is 31.1 Å². The molecule has 0 heterocycles. The van der Waals surface area contributed by atoms with Crippen molar-refractivity contribution >= 4 is 29.7 Å². The predicted molar refractivity (Wildman–Crippen MR) is 99.5 cm³/mol. The van der Waals surface area contributed by atoms with E-state index in [9.17, 15) is 0 Å². The molecule has 118 valence electrons. The number of rotatable bonds is 5. The van der Waals surface area contributed by atoms with Gasteiger partial charge in [-0.05, 0) is 49.4 Å². The summed E-state index contributed by atoms with van der Waals surface area (Å²) in [6, 6.07) is 12.3. The van der Waals surface area contributed by atoms with Crippen molar-refractivity contribution < 1.29 is 0 Å². The largest absolute Gasteiger partial charge is 0.397 e. The highest BCUT2D eigenvalue weighted by Crippen LogP contribution is 2.34. The minimum atomic E-state index is -0.0299. The van der Waals surface area contributed by atoms with Gasteiger partial charge in [-0.15, -0.1) is 12.6 Å². The van der Waals surface area contributed by atoms with E-state index >= 15 is 0 Å². The van der Waals surface area contributed by atoms with Gasteiger partial charge in [-0.3, -0.25) is 0 Å². The zero-order valence-corrected chi connectivity index (χ0v) is 14.6. The van der Waals surface area contributed by atoms with E-state index in [2.05, 4.69) is 56.2 Å². The van der Waals surface area contributed by atoms with Crippen LogP contribution < -0.4 is 16.4 Å². The maximum Gasteiger partial charge on any atom is 0.0621 e. The van der Waals surface area contributed by atoms with Gasteiger partial charge in [0.2, 0.25) is 0 Å². The summed E-state index contributed by atoms with van der Waals surface area (Å²) >= 11 is 4.43. The van der Waals surface area contributed by atoms with Crippen molar-refractivity contribution in [3.63, 3.8) is 0 Å². The van der Waals surface area contributed by atoms with Gasteiger partial charge >= 0.3 is 0 Å². The first-order chi connectivity index (χ1) is 10.3. The smallest absolute Gasteiger partial charge is 0.0621 e. The van der Waals surface area contributed by atoms with Gasteiger partial charge in [0.05, 0.1) is 11.4 Å². The number of hydrogen-bond acceptors (Lipinski definition) is 4. The Morgan fingerprint density at radius 2 is 1.91 bits per heavy atom. The molecule has 0 radical (unpaired) electrons. The van der Waals surface area contributed by atoms with Gasteiger partial charge in [0.25, 0.3) is 0 Å². The number of para-hydroxylation sites is 1. The summed E-state index contributed by atoms with van der Waals surface area (Å²) in [6.45, 7) is 7.31. The van der Waals surface area contributed by atoms with Gasteiger partial charge in [-0.1, -0.05) is 26.0 Å². The molecule has 2 aromatic carbocycles. The number of aryl methyl sites for hydroxylation is 1. The van der Waals surface area contributed by atoms with Gasteiger partial charge < -0.3 is 16.4 Å². The van der Waals surface area contributed by atoms with Gasteiger partial charge in [0, 0.05) is 22.5 Å². The Bertz CT molecular complexity index is 645. The van der Waals surface area contributed by atoms with Gasteiger partial charge in [0.1, 0.15) is 0 Å². The quantitative estimate of drug-likeness (QED) is 0.496. The van der Waals surface area contributed by atoms with Crippen LogP contribution in [0.25, 0.3) is 0 Å². The highest BCUT2D eigenvalue weighted by atomic mass is 32.1. The number of anilines is 3. The molecule has 0 spiro atoms. The predicted octanol–water partition coefficient (Wildman–Crippen LogP) is 4.11. The molecule has 3 nitrogen and oxygen atoms in total. The lowest BCUT2D eigenvalue weighted by atomic mass is 9.83. The Morgan fingerprint density at radius 3 is 2.55 bits per heavy atom. The lowest BCUT2D eigenvalue weighted by Gasteiger charge is -2.27. The second-order valence-electron chi connectivity index (χ2n) is 6.36. The molecular formula is C18H25N3S. The number of likely N-dealkylation sites (N-methyl/N-ethyl adjacent to an activating group) is 1. The van der Waals surface area contributed by atoms with Crippen molar-refractivity contribution in [2.24, 2.45) is 0 Å². The summed E-state index contributed by atoms with van der Waals surface area (Å²) in [7, 11) is 1.96. The van der Waals surface area contributed by atoms with E-state index in [4.69, 9.17) is 5.73 Å². The Hall–Kier alpha value is -1.65. The molecule has 0 atom stereocenters. The molecule has 2 rings (SSSR count). The SMILES string of the molecule is CNCC(C)(C)c1cccc(Nc2cc(C)cc(S)c2)c1N. The van der Waals surface area contributed by atoms with Crippen LogP contribution >= 0.6 is 12.6 Å². The summed E-state index contributed by atoms with van der Waals surface area (Å²) in [4.78, 5) is 0.938. The van der Waals surface area contributed by atoms with Gasteiger partial charge in [-0.25, -0.2) is 0 Å². The van der Waals surface area contributed by atoms with Crippen LogP contribution in [-0.4, -0.2) is 13.6 Å². The van der Waals surface area contributed by atoms with Crippen molar-refractivity contribution in [3.8, 4) is 0 Å². The third-order valence-electron chi connectivity index (χ3n) is 3.80. The number of hydrogen-bond donors (Lipinski definition) is 4. The fourth-order valence-electron chi connectivity index (χ4n) is 2.79. The normalized spacial score (nSPS) is 11.5. The molecule has 0 bridgehead atoms. The molecule has 4 heteroatoms. The van der Waals surface area contributed by atoms with Crippen molar-refractivity contribution in [1.82, 2.24) is 5.32 Å². The molecule has 0 aliphatic rings. The number of nitrogens with one attached hydrogen (secondary N) is 2. The Balaban J connectivity index is 2.37. The minimum absolute atomic E-state index is 0.0299. The zero-order chi connectivity index (χ0) is 16.3. The molecule has 0 aromatic heterocycles. The first-order valence-electron chi connectivity index (χ1n) is 7.45. The molecule has 0 fully saturated rings. The van der Waals surface area contributed by atoms with E-state index in [-0.39, 0.29) is 5.41 Å². The standard InChI is InChI=1S/C18H25N3S/c1-12-8-13(10-14(22)9-12)21-16-7-5-6-15(17(16)19)18(2,3)11-20-4/h5-10,20-22H,11,19H2,1-4H3. The summed E-state index contributed by atoms with van der Waals surface area (Å²) in [6.07, 6.45) is 0. The van der Waals surface area contributed by atoms with E-state index < -0.39 is 0 Å². The van der Waals surface area contributed by atoms with E-state index in [1.54, 1.807) is 0 Å². The van der Waals surface area contributed by atoms with Crippen LogP contribution in [-0.2, 0) is 5.41 Å². The highest BCUT2D eigenvalue weighted by molar-refractivity contribution is 7.80. The molecule has 4 N–H and O–H groups in total. The molecule has 0 aliphatic carbocycles. The number of nitrogens with two attached hydrogens (primary N) is 1. The van der Waals surface area contributed by atoms with Gasteiger partial charge in [-0.2, -0.15) is 0 Å². The van der Waals surface area contributed by atoms with E-state index in [1.807, 2.05) is 31.3 Å². The first-order valence-corrected chi connectivity index (χ1v) is 7.89. The van der Waals surface area contributed by atoms with Crippen LogP contribution in [0.4, 0.5) is 17.1 Å². The first kappa shape index (κ1) is 16.7. The Labute approximate surface area is 138 Å². The molecule has 0 unspecified atom stereocenters. The van der Waals surface area contributed by atoms with Crippen molar-refractivity contribution in [1.29, 1.82) is 0 Å². The van der Waals surface area contributed by atoms with Crippen LogP contribution in [0.3, 0.4) is 0 Å². The third kappa shape index (κ3) is 3.76. The van der Waals surface area contributed by atoms with Crippen LogP contribution in [0.5, 0.6) is 0 Å². The zero-order valence-electron chi connectivity index (χ0n) is 13.7. The lowest BCUT2D eigenvalue weighted by molar-refractivity contribution is 0.496. The molecule has 0 aliphatic heterocycles. The average molecular weight is 315 g/mol. The van der Waals surface area contributed by atoms with E-state index in [1.165, 1.54) is 5.56 Å². The molecule has 22 heavy (non-hydrogen) atoms. The van der Waals surface area contributed by atoms with Crippen LogP contribution in [0, 0.1) is 6.92 Å². The summed E-state index contributed by atoms with van der Waals surface area (Å²) in [5.41, 5.74) is 11.4. The Kier molecular flexibility index (Phi) is 5.04. The molecular weight excluding hydrogens is 290 g/mol. The van der Waals surface area contributed by atoms with Crippen molar-refractivity contribution in [3.05, 3.63) is 47.5 Å². The highest BCUT2D eigenvalue weighted by Gasteiger charge is 2.23. The second-order valence-corrected chi connectivity index (χ2v) is 6.88. The molecule has 0 amide bonds. The van der Waals surface area contributed by atoms with Crippen LogP contribution in [0.2, 0.25) is 0 Å². The maximum atomic E-state index is 6.41. The number of thiol groups is 1. The molecule has 0 saturated carbocycles.